The van der Waals surface area contributed by atoms with Crippen LogP contribution in [0.1, 0.15) is 29.8 Å². The number of hydrogen-bond donors (Lipinski definition) is 1. The number of carbonyl (C=O) groups is 2. The van der Waals surface area contributed by atoms with E-state index < -0.39 is 23.0 Å². The lowest BCUT2D eigenvalue weighted by molar-refractivity contribution is -0.130. The second-order valence-corrected chi connectivity index (χ2v) is 5.96. The van der Waals surface area contributed by atoms with Gasteiger partial charge in [0.1, 0.15) is 6.33 Å². The van der Waals surface area contributed by atoms with Crippen molar-refractivity contribution in [2.24, 2.45) is 0 Å². The molecule has 2 aromatic rings. The average molecular weight is 335 g/mol. The summed E-state index contributed by atoms with van der Waals surface area (Å²) in [6.07, 6.45) is 2.23. The van der Waals surface area contributed by atoms with Crippen molar-refractivity contribution in [2.45, 2.75) is 19.3 Å². The predicted octanol–water partition coefficient (Wildman–Crippen LogP) is 2.77. The lowest BCUT2D eigenvalue weighted by Gasteiger charge is -2.33. The second kappa shape index (κ2) is 5.27. The highest BCUT2D eigenvalue weighted by atomic mass is 35.5. The number of amides is 2. The van der Waals surface area contributed by atoms with E-state index in [-0.39, 0.29) is 11.4 Å². The molecule has 0 radical (unpaired) electrons. The highest BCUT2D eigenvalue weighted by molar-refractivity contribution is 6.35. The maximum absolute atomic E-state index is 13.6. The summed E-state index contributed by atoms with van der Waals surface area (Å²) in [5.41, 5.74) is 0.371. The van der Waals surface area contributed by atoms with Gasteiger partial charge in [-0.05, 0) is 31.5 Å². The SMILES string of the molecule is CC1(C)C(=O)N(Cl)C(=O)c2cc(Nc3ncncc3F)ccc21. The zero-order valence-electron chi connectivity index (χ0n) is 12.3. The molecule has 0 atom stereocenters. The maximum Gasteiger partial charge on any atom is 0.275 e. The lowest BCUT2D eigenvalue weighted by atomic mass is 9.78. The van der Waals surface area contributed by atoms with Gasteiger partial charge in [0.15, 0.2) is 11.6 Å². The Kier molecular flexibility index (Phi) is 3.52. The Balaban J connectivity index is 2.04. The van der Waals surface area contributed by atoms with E-state index >= 15 is 0 Å². The van der Waals surface area contributed by atoms with Crippen LogP contribution in [0.3, 0.4) is 0 Å². The van der Waals surface area contributed by atoms with Crippen molar-refractivity contribution >= 4 is 35.1 Å². The van der Waals surface area contributed by atoms with Crippen LogP contribution in [-0.4, -0.2) is 26.2 Å². The first-order valence-electron chi connectivity index (χ1n) is 6.74. The number of anilines is 2. The van der Waals surface area contributed by atoms with Crippen LogP contribution in [0.15, 0.2) is 30.7 Å². The molecule has 1 aliphatic heterocycles. The number of nitrogens with one attached hydrogen (secondary N) is 1. The Bertz CT molecular complexity index is 825. The number of aromatic nitrogens is 2. The van der Waals surface area contributed by atoms with Crippen molar-refractivity contribution in [2.75, 3.05) is 5.32 Å². The molecule has 118 valence electrons. The molecule has 6 nitrogen and oxygen atoms in total. The normalized spacial score (nSPS) is 16.3. The fourth-order valence-electron chi connectivity index (χ4n) is 2.44. The predicted molar refractivity (Wildman–Crippen MR) is 81.8 cm³/mol. The molecule has 0 saturated carbocycles. The summed E-state index contributed by atoms with van der Waals surface area (Å²) in [6, 6.07) is 4.81. The van der Waals surface area contributed by atoms with Crippen LogP contribution in [0.2, 0.25) is 0 Å². The van der Waals surface area contributed by atoms with Gasteiger partial charge in [-0.1, -0.05) is 6.07 Å². The molecular formula is C15H12ClFN4O2. The fourth-order valence-corrected chi connectivity index (χ4v) is 2.75. The van der Waals surface area contributed by atoms with E-state index in [0.29, 0.717) is 15.7 Å². The Morgan fingerprint density at radius 1 is 1.30 bits per heavy atom. The zero-order chi connectivity index (χ0) is 16.8. The smallest absolute Gasteiger partial charge is 0.275 e. The molecule has 1 aromatic carbocycles. The van der Waals surface area contributed by atoms with E-state index in [4.69, 9.17) is 11.8 Å². The van der Waals surface area contributed by atoms with E-state index in [1.54, 1.807) is 26.0 Å². The highest BCUT2D eigenvalue weighted by Gasteiger charge is 2.44. The van der Waals surface area contributed by atoms with Crippen LogP contribution < -0.4 is 5.32 Å². The first kappa shape index (κ1) is 15.4. The van der Waals surface area contributed by atoms with Gasteiger partial charge in [0.2, 0.25) is 0 Å². The minimum absolute atomic E-state index is 0.0127. The third-order valence-electron chi connectivity index (χ3n) is 3.74. The van der Waals surface area contributed by atoms with Gasteiger partial charge < -0.3 is 5.32 Å². The van der Waals surface area contributed by atoms with Crippen LogP contribution in [0.5, 0.6) is 0 Å². The number of hydrogen-bond acceptors (Lipinski definition) is 5. The largest absolute Gasteiger partial charge is 0.338 e. The summed E-state index contributed by atoms with van der Waals surface area (Å²) in [7, 11) is 0. The molecule has 2 amide bonds. The first-order valence-corrected chi connectivity index (χ1v) is 7.08. The zero-order valence-corrected chi connectivity index (χ0v) is 13.1. The van der Waals surface area contributed by atoms with E-state index in [1.165, 1.54) is 12.4 Å². The van der Waals surface area contributed by atoms with Gasteiger partial charge in [0.25, 0.3) is 11.8 Å². The first-order chi connectivity index (χ1) is 10.8. The van der Waals surface area contributed by atoms with Gasteiger partial charge in [-0.25, -0.2) is 14.4 Å². The summed E-state index contributed by atoms with van der Waals surface area (Å²) in [5, 5.41) is 2.77. The molecule has 1 aliphatic rings. The summed E-state index contributed by atoms with van der Waals surface area (Å²) in [4.78, 5) is 31.7. The van der Waals surface area contributed by atoms with Crippen molar-refractivity contribution < 1.29 is 14.0 Å². The maximum atomic E-state index is 13.6. The second-order valence-electron chi connectivity index (χ2n) is 5.62. The number of fused-ring (bicyclic) bond motifs is 1. The van der Waals surface area contributed by atoms with Crippen LogP contribution >= 0.6 is 11.8 Å². The molecular weight excluding hydrogens is 323 g/mol. The molecule has 0 fully saturated rings. The van der Waals surface area contributed by atoms with E-state index in [2.05, 4.69) is 15.3 Å². The summed E-state index contributed by atoms with van der Waals surface area (Å²) in [5.74, 6) is -1.73. The quantitative estimate of drug-likeness (QED) is 0.675. The number of benzene rings is 1. The van der Waals surface area contributed by atoms with Gasteiger partial charge in [-0.15, -0.1) is 0 Å². The number of halogens is 2. The molecule has 0 bridgehead atoms. The number of nitrogens with zero attached hydrogens (tertiary/aromatic N) is 3. The summed E-state index contributed by atoms with van der Waals surface area (Å²) < 4.78 is 14.2. The lowest BCUT2D eigenvalue weighted by Crippen LogP contribution is -2.47. The van der Waals surface area contributed by atoms with E-state index in [9.17, 15) is 14.0 Å². The van der Waals surface area contributed by atoms with E-state index in [0.717, 1.165) is 6.20 Å². The fraction of sp³-hybridized carbons (Fsp3) is 0.200. The topological polar surface area (TPSA) is 75.2 Å². The van der Waals surface area contributed by atoms with E-state index in [1.807, 2.05) is 0 Å². The van der Waals surface area contributed by atoms with Crippen molar-refractivity contribution in [1.29, 1.82) is 0 Å². The number of carbonyl (C=O) groups excluding carboxylic acids is 2. The minimum Gasteiger partial charge on any atom is -0.338 e. The molecule has 3 rings (SSSR count). The summed E-state index contributed by atoms with van der Waals surface area (Å²) in [6.45, 7) is 3.38. The standard InChI is InChI=1S/C15H12ClFN4O2/c1-15(2)10-4-3-8(20-12-11(17)6-18-7-19-12)5-9(10)13(22)21(16)14(15)23/h3-7H,1-2H3,(H,18,19,20). The highest BCUT2D eigenvalue weighted by Crippen LogP contribution is 2.36. The molecule has 1 N–H and O–H groups in total. The van der Waals surface area contributed by atoms with Crippen LogP contribution in [0.4, 0.5) is 15.9 Å². The van der Waals surface area contributed by atoms with Gasteiger partial charge in [0, 0.05) is 23.0 Å². The Hall–Kier alpha value is -2.54. The van der Waals surface area contributed by atoms with Crippen LogP contribution in [0.25, 0.3) is 0 Å². The number of rotatable bonds is 2. The third-order valence-corrected chi connectivity index (χ3v) is 4.05. The monoisotopic (exact) mass is 334 g/mol. The van der Waals surface area contributed by atoms with Crippen molar-refractivity contribution in [3.05, 3.63) is 47.7 Å². The van der Waals surface area contributed by atoms with Gasteiger partial charge in [-0.3, -0.25) is 9.59 Å². The summed E-state index contributed by atoms with van der Waals surface area (Å²) >= 11 is 5.80. The van der Waals surface area contributed by atoms with Gasteiger partial charge in [0.05, 0.1) is 11.6 Å². The van der Waals surface area contributed by atoms with Crippen molar-refractivity contribution in [1.82, 2.24) is 14.4 Å². The molecule has 1 aromatic heterocycles. The Morgan fingerprint density at radius 3 is 2.74 bits per heavy atom. The number of imide groups is 1. The average Bonchev–Trinajstić information content (AvgIpc) is 2.53. The molecule has 0 aliphatic carbocycles. The van der Waals surface area contributed by atoms with Gasteiger partial charge in [-0.2, -0.15) is 4.42 Å². The molecule has 23 heavy (non-hydrogen) atoms. The molecule has 0 saturated heterocycles. The molecule has 8 heteroatoms. The molecule has 0 spiro atoms. The van der Waals surface area contributed by atoms with Gasteiger partial charge >= 0.3 is 0 Å². The Morgan fingerprint density at radius 2 is 2.04 bits per heavy atom. The van der Waals surface area contributed by atoms with Crippen molar-refractivity contribution in [3.63, 3.8) is 0 Å². The third kappa shape index (κ3) is 2.43. The molecule has 0 unspecified atom stereocenters. The van der Waals surface area contributed by atoms with Crippen molar-refractivity contribution in [3.8, 4) is 0 Å². The Labute approximate surface area is 136 Å². The van der Waals surface area contributed by atoms with Crippen LogP contribution in [0, 0.1) is 5.82 Å². The van der Waals surface area contributed by atoms with Crippen LogP contribution in [-0.2, 0) is 10.2 Å². The minimum atomic E-state index is -0.927. The molecule has 2 heterocycles.